The zero-order chi connectivity index (χ0) is 12.4. The fourth-order valence-corrected chi connectivity index (χ4v) is 2.26. The standard InChI is InChI=1S/C15H19NO/c1-10-7-11(2)9-13(8-10)15(16-4)14-6-5-12(3)17-14/h5-9,15-16H,1-4H3. The highest BCUT2D eigenvalue weighted by atomic mass is 16.3. The molecule has 2 nitrogen and oxygen atoms in total. The van der Waals surface area contributed by atoms with Crippen LogP contribution in [0.4, 0.5) is 0 Å². The van der Waals surface area contributed by atoms with E-state index in [1.807, 2.05) is 26.1 Å². The predicted molar refractivity (Wildman–Crippen MR) is 70.3 cm³/mol. The summed E-state index contributed by atoms with van der Waals surface area (Å²) in [6.45, 7) is 6.21. The van der Waals surface area contributed by atoms with Gasteiger partial charge in [0.15, 0.2) is 0 Å². The second kappa shape index (κ2) is 4.76. The van der Waals surface area contributed by atoms with Crippen molar-refractivity contribution in [3.8, 4) is 0 Å². The van der Waals surface area contributed by atoms with E-state index < -0.39 is 0 Å². The van der Waals surface area contributed by atoms with Gasteiger partial charge in [0.05, 0.1) is 6.04 Å². The van der Waals surface area contributed by atoms with Gasteiger partial charge in [-0.2, -0.15) is 0 Å². The molecule has 0 aliphatic rings. The Morgan fingerprint density at radius 3 is 2.12 bits per heavy atom. The number of hydrogen-bond donors (Lipinski definition) is 1. The van der Waals surface area contributed by atoms with Crippen LogP contribution in [-0.2, 0) is 0 Å². The van der Waals surface area contributed by atoms with Crippen LogP contribution in [0, 0.1) is 20.8 Å². The van der Waals surface area contributed by atoms with Crippen LogP contribution in [0.2, 0.25) is 0 Å². The van der Waals surface area contributed by atoms with Gasteiger partial charge in [-0.25, -0.2) is 0 Å². The normalized spacial score (nSPS) is 12.7. The number of rotatable bonds is 3. The Labute approximate surface area is 103 Å². The molecule has 1 aromatic heterocycles. The molecule has 2 rings (SSSR count). The third-order valence-corrected chi connectivity index (χ3v) is 2.91. The molecule has 1 atom stereocenters. The quantitative estimate of drug-likeness (QED) is 0.871. The molecule has 0 bridgehead atoms. The van der Waals surface area contributed by atoms with Crippen molar-refractivity contribution in [2.24, 2.45) is 0 Å². The molecule has 0 spiro atoms. The lowest BCUT2D eigenvalue weighted by molar-refractivity contribution is 0.444. The van der Waals surface area contributed by atoms with Crippen LogP contribution in [0.5, 0.6) is 0 Å². The van der Waals surface area contributed by atoms with E-state index in [0.29, 0.717) is 0 Å². The summed E-state index contributed by atoms with van der Waals surface area (Å²) >= 11 is 0. The Morgan fingerprint density at radius 1 is 1.00 bits per heavy atom. The molecule has 1 aromatic carbocycles. The molecule has 0 amide bonds. The van der Waals surface area contributed by atoms with Crippen LogP contribution in [0.15, 0.2) is 34.7 Å². The van der Waals surface area contributed by atoms with Crippen LogP contribution >= 0.6 is 0 Å². The van der Waals surface area contributed by atoms with Gasteiger partial charge in [-0.05, 0) is 45.5 Å². The van der Waals surface area contributed by atoms with Gasteiger partial charge in [-0.15, -0.1) is 0 Å². The van der Waals surface area contributed by atoms with Gasteiger partial charge in [0.2, 0.25) is 0 Å². The molecule has 0 aliphatic carbocycles. The van der Waals surface area contributed by atoms with Gasteiger partial charge in [0.25, 0.3) is 0 Å². The molecular formula is C15H19NO. The van der Waals surface area contributed by atoms with Crippen molar-refractivity contribution in [3.63, 3.8) is 0 Å². The first-order valence-electron chi connectivity index (χ1n) is 5.92. The van der Waals surface area contributed by atoms with Gasteiger partial charge in [0.1, 0.15) is 11.5 Å². The Morgan fingerprint density at radius 2 is 1.65 bits per heavy atom. The number of aryl methyl sites for hydroxylation is 3. The SMILES string of the molecule is CNC(c1cc(C)cc(C)c1)c1ccc(C)o1. The molecule has 17 heavy (non-hydrogen) atoms. The number of furan rings is 1. The molecule has 2 heteroatoms. The maximum Gasteiger partial charge on any atom is 0.125 e. The van der Waals surface area contributed by atoms with Crippen LogP contribution in [0.25, 0.3) is 0 Å². The van der Waals surface area contributed by atoms with Crippen LogP contribution in [0.3, 0.4) is 0 Å². The highest BCUT2D eigenvalue weighted by molar-refractivity contribution is 5.34. The fraction of sp³-hybridized carbons (Fsp3) is 0.333. The number of benzene rings is 1. The van der Waals surface area contributed by atoms with Gasteiger partial charge < -0.3 is 9.73 Å². The number of nitrogens with one attached hydrogen (secondary N) is 1. The zero-order valence-electron chi connectivity index (χ0n) is 10.9. The average Bonchev–Trinajstić information content (AvgIpc) is 2.64. The molecule has 0 fully saturated rings. The van der Waals surface area contributed by atoms with E-state index in [4.69, 9.17) is 4.42 Å². The molecule has 1 unspecified atom stereocenters. The molecule has 0 radical (unpaired) electrons. The first kappa shape index (κ1) is 11.9. The fourth-order valence-electron chi connectivity index (χ4n) is 2.26. The maximum absolute atomic E-state index is 5.71. The van der Waals surface area contributed by atoms with Crippen LogP contribution in [-0.4, -0.2) is 7.05 Å². The Kier molecular flexibility index (Phi) is 3.34. The minimum atomic E-state index is 0.127. The second-order valence-electron chi connectivity index (χ2n) is 4.59. The third-order valence-electron chi connectivity index (χ3n) is 2.91. The molecule has 1 heterocycles. The van der Waals surface area contributed by atoms with E-state index in [9.17, 15) is 0 Å². The summed E-state index contributed by atoms with van der Waals surface area (Å²) in [4.78, 5) is 0. The van der Waals surface area contributed by atoms with Crippen LogP contribution < -0.4 is 5.32 Å². The first-order valence-corrected chi connectivity index (χ1v) is 5.92. The van der Waals surface area contributed by atoms with Crippen molar-refractivity contribution < 1.29 is 4.42 Å². The Hall–Kier alpha value is -1.54. The summed E-state index contributed by atoms with van der Waals surface area (Å²) in [5.41, 5.74) is 3.81. The van der Waals surface area contributed by atoms with E-state index in [1.54, 1.807) is 0 Å². The molecule has 1 N–H and O–H groups in total. The summed E-state index contributed by atoms with van der Waals surface area (Å²) in [6, 6.07) is 10.8. The first-order chi connectivity index (χ1) is 8.10. The molecule has 0 saturated carbocycles. The minimum absolute atomic E-state index is 0.127. The van der Waals surface area contributed by atoms with Crippen molar-refractivity contribution in [3.05, 3.63) is 58.5 Å². The highest BCUT2D eigenvalue weighted by Crippen LogP contribution is 2.25. The zero-order valence-corrected chi connectivity index (χ0v) is 10.9. The van der Waals surface area contributed by atoms with E-state index in [0.717, 1.165) is 11.5 Å². The number of hydrogen-bond acceptors (Lipinski definition) is 2. The topological polar surface area (TPSA) is 25.2 Å². The highest BCUT2D eigenvalue weighted by Gasteiger charge is 2.15. The lowest BCUT2D eigenvalue weighted by Gasteiger charge is -2.15. The lowest BCUT2D eigenvalue weighted by atomic mass is 10.00. The smallest absolute Gasteiger partial charge is 0.125 e. The van der Waals surface area contributed by atoms with E-state index >= 15 is 0 Å². The molecule has 0 saturated heterocycles. The van der Waals surface area contributed by atoms with Crippen LogP contribution in [0.1, 0.15) is 34.3 Å². The molecule has 2 aromatic rings. The van der Waals surface area contributed by atoms with Gasteiger partial charge in [0, 0.05) is 0 Å². The lowest BCUT2D eigenvalue weighted by Crippen LogP contribution is -2.17. The summed E-state index contributed by atoms with van der Waals surface area (Å²) in [6.07, 6.45) is 0. The van der Waals surface area contributed by atoms with E-state index in [1.165, 1.54) is 16.7 Å². The summed E-state index contributed by atoms with van der Waals surface area (Å²) in [7, 11) is 1.96. The van der Waals surface area contributed by atoms with E-state index in [-0.39, 0.29) is 6.04 Å². The predicted octanol–water partition coefficient (Wildman–Crippen LogP) is 3.51. The van der Waals surface area contributed by atoms with Crippen molar-refractivity contribution in [1.29, 1.82) is 0 Å². The summed E-state index contributed by atoms with van der Waals surface area (Å²) in [5, 5.41) is 3.31. The van der Waals surface area contributed by atoms with Crippen molar-refractivity contribution in [1.82, 2.24) is 5.32 Å². The average molecular weight is 229 g/mol. The van der Waals surface area contributed by atoms with E-state index in [2.05, 4.69) is 37.4 Å². The van der Waals surface area contributed by atoms with Gasteiger partial charge >= 0.3 is 0 Å². The van der Waals surface area contributed by atoms with Crippen molar-refractivity contribution in [2.75, 3.05) is 7.05 Å². The van der Waals surface area contributed by atoms with Crippen molar-refractivity contribution in [2.45, 2.75) is 26.8 Å². The van der Waals surface area contributed by atoms with Gasteiger partial charge in [-0.3, -0.25) is 0 Å². The summed E-state index contributed by atoms with van der Waals surface area (Å²) in [5.74, 6) is 1.92. The Bertz CT molecular complexity index is 493. The maximum atomic E-state index is 5.71. The Balaban J connectivity index is 2.41. The monoisotopic (exact) mass is 229 g/mol. The minimum Gasteiger partial charge on any atom is -0.464 e. The molecular weight excluding hydrogens is 210 g/mol. The van der Waals surface area contributed by atoms with Crippen molar-refractivity contribution >= 4 is 0 Å². The largest absolute Gasteiger partial charge is 0.464 e. The summed E-state index contributed by atoms with van der Waals surface area (Å²) < 4.78 is 5.71. The van der Waals surface area contributed by atoms with Gasteiger partial charge in [-0.1, -0.05) is 29.3 Å². The molecule has 0 aliphatic heterocycles. The second-order valence-corrected chi connectivity index (χ2v) is 4.59. The third kappa shape index (κ3) is 2.59. The molecule has 90 valence electrons.